The number of halogens is 6. The van der Waals surface area contributed by atoms with Crippen LogP contribution >= 0.6 is 0 Å². The van der Waals surface area contributed by atoms with Crippen molar-refractivity contribution in [3.05, 3.63) is 0 Å². The summed E-state index contributed by atoms with van der Waals surface area (Å²) in [5.41, 5.74) is 0. The van der Waals surface area contributed by atoms with Gasteiger partial charge in [-0.3, -0.25) is 4.79 Å². The highest BCUT2D eigenvalue weighted by atomic mass is 19.4. The predicted molar refractivity (Wildman–Crippen MR) is 56.3 cm³/mol. The van der Waals surface area contributed by atoms with Crippen LogP contribution in [-0.2, 0) is 4.79 Å². The number of carbonyl (C=O) groups excluding carboxylic acids is 1. The van der Waals surface area contributed by atoms with Gasteiger partial charge < -0.3 is 0 Å². The number of hydrogen-bond acceptors (Lipinski definition) is 1. The molecule has 0 aromatic carbocycles. The van der Waals surface area contributed by atoms with E-state index in [0.29, 0.717) is 18.8 Å². The largest absolute Gasteiger partial charge is 0.407 e. The molecule has 1 saturated carbocycles. The molecule has 0 amide bonds. The van der Waals surface area contributed by atoms with Crippen molar-refractivity contribution < 1.29 is 31.1 Å². The van der Waals surface area contributed by atoms with Crippen LogP contribution < -0.4 is 0 Å². The zero-order valence-corrected chi connectivity index (χ0v) is 10.4. The van der Waals surface area contributed by atoms with Crippen LogP contribution in [0.3, 0.4) is 0 Å². The van der Waals surface area contributed by atoms with Crippen LogP contribution in [0.15, 0.2) is 0 Å². The molecule has 0 bridgehead atoms. The average molecular weight is 290 g/mol. The van der Waals surface area contributed by atoms with E-state index in [0.717, 1.165) is 6.42 Å². The molecule has 0 N–H and O–H groups in total. The Bertz CT molecular complexity index is 297. The van der Waals surface area contributed by atoms with E-state index in [9.17, 15) is 31.1 Å². The van der Waals surface area contributed by atoms with Gasteiger partial charge in [-0.25, -0.2) is 0 Å². The molecule has 7 heteroatoms. The molecule has 0 heterocycles. The molecule has 19 heavy (non-hydrogen) atoms. The summed E-state index contributed by atoms with van der Waals surface area (Å²) in [6, 6.07) is 0. The van der Waals surface area contributed by atoms with Gasteiger partial charge in [0.25, 0.3) is 0 Å². The number of hydrogen-bond donors (Lipinski definition) is 0. The molecule has 1 rings (SSSR count). The monoisotopic (exact) mass is 290 g/mol. The van der Waals surface area contributed by atoms with Crippen LogP contribution in [0.1, 0.15) is 39.0 Å². The van der Waals surface area contributed by atoms with Crippen LogP contribution in [0.5, 0.6) is 0 Å². The topological polar surface area (TPSA) is 17.1 Å². The Kier molecular flexibility index (Phi) is 4.90. The van der Waals surface area contributed by atoms with Crippen molar-refractivity contribution in [3.8, 4) is 0 Å². The average Bonchev–Trinajstić information content (AvgIpc) is 2.25. The second-order valence-electron chi connectivity index (χ2n) is 5.04. The van der Waals surface area contributed by atoms with Crippen LogP contribution in [0.25, 0.3) is 0 Å². The Balaban J connectivity index is 2.79. The third-order valence-corrected chi connectivity index (χ3v) is 3.77. The minimum atomic E-state index is -5.56. The van der Waals surface area contributed by atoms with Crippen molar-refractivity contribution in [3.63, 3.8) is 0 Å². The lowest BCUT2D eigenvalue weighted by molar-refractivity contribution is -0.275. The van der Waals surface area contributed by atoms with Gasteiger partial charge in [0.05, 0.1) is 0 Å². The van der Waals surface area contributed by atoms with Gasteiger partial charge >= 0.3 is 12.4 Å². The molecule has 0 spiro atoms. The number of ketones is 1. The molecule has 0 aromatic heterocycles. The van der Waals surface area contributed by atoms with Crippen LogP contribution in [0.4, 0.5) is 26.3 Å². The van der Waals surface area contributed by atoms with Gasteiger partial charge in [0.15, 0.2) is 5.78 Å². The van der Waals surface area contributed by atoms with E-state index in [2.05, 4.69) is 0 Å². The van der Waals surface area contributed by atoms with Crippen molar-refractivity contribution >= 4 is 5.78 Å². The molecule has 0 saturated heterocycles. The van der Waals surface area contributed by atoms with E-state index in [4.69, 9.17) is 0 Å². The molecule has 0 aromatic rings. The minimum Gasteiger partial charge on any atom is -0.298 e. The summed E-state index contributed by atoms with van der Waals surface area (Å²) in [6.45, 7) is 1.92. The third-order valence-electron chi connectivity index (χ3n) is 3.77. The van der Waals surface area contributed by atoms with Crippen LogP contribution in [0, 0.1) is 17.8 Å². The second kappa shape index (κ2) is 5.71. The number of rotatable bonds is 3. The molecule has 1 aliphatic carbocycles. The van der Waals surface area contributed by atoms with Crippen LogP contribution in [-0.4, -0.2) is 18.1 Å². The van der Waals surface area contributed by atoms with Gasteiger partial charge in [0.1, 0.15) is 0 Å². The van der Waals surface area contributed by atoms with E-state index in [1.54, 1.807) is 0 Å². The maximum absolute atomic E-state index is 12.4. The molecule has 0 unspecified atom stereocenters. The lowest BCUT2D eigenvalue weighted by Gasteiger charge is -2.30. The van der Waals surface area contributed by atoms with Gasteiger partial charge in [-0.05, 0) is 31.6 Å². The molecular weight excluding hydrogens is 274 g/mol. The molecule has 1 aliphatic rings. The summed E-state index contributed by atoms with van der Waals surface area (Å²) in [5.74, 6) is -6.35. The van der Waals surface area contributed by atoms with E-state index >= 15 is 0 Å². The van der Waals surface area contributed by atoms with Crippen molar-refractivity contribution in [2.24, 2.45) is 17.8 Å². The highest BCUT2D eigenvalue weighted by Crippen LogP contribution is 2.43. The summed E-state index contributed by atoms with van der Waals surface area (Å²) >= 11 is 0. The van der Waals surface area contributed by atoms with E-state index in [1.807, 2.05) is 6.92 Å². The van der Waals surface area contributed by atoms with Crippen molar-refractivity contribution in [2.45, 2.75) is 51.4 Å². The summed E-state index contributed by atoms with van der Waals surface area (Å²) in [4.78, 5) is 11.5. The maximum atomic E-state index is 12.4. The van der Waals surface area contributed by atoms with Gasteiger partial charge in [0.2, 0.25) is 5.92 Å². The van der Waals surface area contributed by atoms with Gasteiger partial charge in [-0.2, -0.15) is 26.3 Å². The van der Waals surface area contributed by atoms with E-state index < -0.39 is 30.0 Å². The van der Waals surface area contributed by atoms with Gasteiger partial charge in [-0.1, -0.05) is 13.3 Å². The molecule has 1 nitrogen and oxygen atoms in total. The quantitative estimate of drug-likeness (QED) is 0.699. The summed E-state index contributed by atoms with van der Waals surface area (Å²) in [7, 11) is 0. The highest BCUT2D eigenvalue weighted by molar-refractivity contribution is 5.85. The van der Waals surface area contributed by atoms with Gasteiger partial charge in [0, 0.05) is 5.92 Å². The third kappa shape index (κ3) is 4.11. The van der Waals surface area contributed by atoms with E-state index in [1.165, 1.54) is 0 Å². The second-order valence-corrected chi connectivity index (χ2v) is 5.04. The fourth-order valence-electron chi connectivity index (χ4n) is 2.60. The molecule has 112 valence electrons. The number of alkyl halides is 6. The standard InChI is InChI=1S/C12H16F6O/c1-2-7-3-5-8(6-4-7)9(19)10(11(13,14)15)12(16,17)18/h7-8,10H,2-6H2,1H3. The first-order valence-corrected chi connectivity index (χ1v) is 6.24. The lowest BCUT2D eigenvalue weighted by Crippen LogP contribution is -2.45. The zero-order valence-electron chi connectivity index (χ0n) is 10.4. The Labute approximate surface area is 107 Å². The minimum absolute atomic E-state index is 0.125. The normalized spacial score (nSPS) is 25.7. The number of Topliss-reactive ketones (excluding diaryl/α,β-unsaturated/α-hetero) is 1. The molecule has 0 atom stereocenters. The smallest absolute Gasteiger partial charge is 0.298 e. The summed E-state index contributed by atoms with van der Waals surface area (Å²) in [6.07, 6.45) is -8.98. The van der Waals surface area contributed by atoms with Crippen LogP contribution in [0.2, 0.25) is 0 Å². The van der Waals surface area contributed by atoms with Gasteiger partial charge in [-0.15, -0.1) is 0 Å². The SMILES string of the molecule is CCC1CCC(C(=O)C(C(F)(F)F)C(F)(F)F)CC1. The lowest BCUT2D eigenvalue weighted by atomic mass is 9.76. The molecule has 0 aliphatic heterocycles. The Morgan fingerprint density at radius 3 is 1.74 bits per heavy atom. The molecule has 0 radical (unpaired) electrons. The Morgan fingerprint density at radius 1 is 1.00 bits per heavy atom. The zero-order chi connectivity index (χ0) is 14.8. The maximum Gasteiger partial charge on any atom is 0.407 e. The van der Waals surface area contributed by atoms with Crippen molar-refractivity contribution in [2.75, 3.05) is 0 Å². The molecule has 1 fully saturated rings. The highest BCUT2D eigenvalue weighted by Gasteiger charge is 2.61. The number of carbonyl (C=O) groups is 1. The van der Waals surface area contributed by atoms with Crippen molar-refractivity contribution in [1.82, 2.24) is 0 Å². The fraction of sp³-hybridized carbons (Fsp3) is 0.917. The van der Waals surface area contributed by atoms with Crippen molar-refractivity contribution in [1.29, 1.82) is 0 Å². The predicted octanol–water partition coefficient (Wildman–Crippen LogP) is 4.51. The summed E-state index contributed by atoms with van der Waals surface area (Å²) < 4.78 is 74.5. The first kappa shape index (κ1) is 16.3. The first-order valence-electron chi connectivity index (χ1n) is 6.24. The summed E-state index contributed by atoms with van der Waals surface area (Å²) in [5, 5.41) is 0. The fourth-order valence-corrected chi connectivity index (χ4v) is 2.60. The Hall–Kier alpha value is -0.750. The van der Waals surface area contributed by atoms with E-state index in [-0.39, 0.29) is 12.8 Å². The molecular formula is C12H16F6O. The Morgan fingerprint density at radius 2 is 1.42 bits per heavy atom. The first-order chi connectivity index (χ1) is 8.57.